The van der Waals surface area contributed by atoms with Gasteiger partial charge in [-0.1, -0.05) is 46.3 Å². The lowest BCUT2D eigenvalue weighted by Crippen LogP contribution is -2.30. The molecule has 126 valence electrons. The van der Waals surface area contributed by atoms with Crippen LogP contribution in [0.5, 0.6) is 0 Å². The average Bonchev–Trinajstić information content (AvgIpc) is 2.61. The predicted molar refractivity (Wildman–Crippen MR) is 98.7 cm³/mol. The molecule has 2 aromatic carbocycles. The standard InChI is InChI=1S/C18H18BrNO3S/c19-15-6-8-16(9-7-15)24-11-10-17(21)20-12-18(22)23-13-14-4-2-1-3-5-14/h1-9H,10-13H2,(H,20,21). The van der Waals surface area contributed by atoms with Crippen LogP contribution in [-0.2, 0) is 20.9 Å². The van der Waals surface area contributed by atoms with Crippen LogP contribution < -0.4 is 5.32 Å². The second-order valence-corrected chi connectivity index (χ2v) is 7.06. The molecule has 0 heterocycles. The molecule has 6 heteroatoms. The number of carbonyl (C=O) groups excluding carboxylic acids is 2. The largest absolute Gasteiger partial charge is 0.460 e. The van der Waals surface area contributed by atoms with Crippen molar-refractivity contribution in [3.8, 4) is 0 Å². The number of esters is 1. The molecule has 24 heavy (non-hydrogen) atoms. The fourth-order valence-electron chi connectivity index (χ4n) is 1.84. The van der Waals surface area contributed by atoms with Gasteiger partial charge in [-0.25, -0.2) is 0 Å². The number of hydrogen-bond donors (Lipinski definition) is 1. The first-order valence-electron chi connectivity index (χ1n) is 7.48. The van der Waals surface area contributed by atoms with Gasteiger partial charge in [0, 0.05) is 21.5 Å². The molecule has 0 unspecified atom stereocenters. The Morgan fingerprint density at radius 3 is 2.46 bits per heavy atom. The van der Waals surface area contributed by atoms with Gasteiger partial charge in [-0.2, -0.15) is 0 Å². The van der Waals surface area contributed by atoms with Crippen LogP contribution >= 0.6 is 27.7 Å². The van der Waals surface area contributed by atoms with E-state index in [1.54, 1.807) is 11.8 Å². The summed E-state index contributed by atoms with van der Waals surface area (Å²) in [7, 11) is 0. The van der Waals surface area contributed by atoms with E-state index < -0.39 is 5.97 Å². The number of halogens is 1. The molecular formula is C18H18BrNO3S. The lowest BCUT2D eigenvalue weighted by Gasteiger charge is -2.07. The van der Waals surface area contributed by atoms with Crippen molar-refractivity contribution in [1.29, 1.82) is 0 Å². The molecule has 0 aliphatic carbocycles. The van der Waals surface area contributed by atoms with Gasteiger partial charge in [0.05, 0.1) is 0 Å². The summed E-state index contributed by atoms with van der Waals surface area (Å²) in [5.74, 6) is 0.0658. The number of amides is 1. The number of rotatable bonds is 8. The molecule has 0 atom stereocenters. The molecule has 0 spiro atoms. The summed E-state index contributed by atoms with van der Waals surface area (Å²) >= 11 is 4.98. The van der Waals surface area contributed by atoms with E-state index in [2.05, 4.69) is 21.2 Å². The topological polar surface area (TPSA) is 55.4 Å². The van der Waals surface area contributed by atoms with Crippen LogP contribution in [0.4, 0.5) is 0 Å². The summed E-state index contributed by atoms with van der Waals surface area (Å²) < 4.78 is 6.13. The Bertz CT molecular complexity index is 662. The van der Waals surface area contributed by atoms with Gasteiger partial charge in [0.2, 0.25) is 5.91 Å². The van der Waals surface area contributed by atoms with Crippen molar-refractivity contribution in [2.24, 2.45) is 0 Å². The Kier molecular flexibility index (Phi) is 7.85. The van der Waals surface area contributed by atoms with Gasteiger partial charge in [-0.3, -0.25) is 9.59 Å². The number of thioether (sulfide) groups is 1. The van der Waals surface area contributed by atoms with Gasteiger partial charge in [0.15, 0.2) is 0 Å². The normalized spacial score (nSPS) is 10.2. The highest BCUT2D eigenvalue weighted by Crippen LogP contribution is 2.21. The van der Waals surface area contributed by atoms with Gasteiger partial charge in [-0.05, 0) is 29.8 Å². The lowest BCUT2D eigenvalue weighted by atomic mass is 10.2. The Morgan fingerprint density at radius 1 is 1.04 bits per heavy atom. The summed E-state index contributed by atoms with van der Waals surface area (Å²) in [4.78, 5) is 24.4. The van der Waals surface area contributed by atoms with Crippen LogP contribution in [0.1, 0.15) is 12.0 Å². The molecule has 2 aromatic rings. The zero-order chi connectivity index (χ0) is 17.2. The number of benzene rings is 2. The summed E-state index contributed by atoms with van der Waals surface area (Å²) in [6.45, 7) is 0.115. The Balaban J connectivity index is 1.58. The quantitative estimate of drug-likeness (QED) is 0.534. The highest BCUT2D eigenvalue weighted by molar-refractivity contribution is 9.10. The van der Waals surface area contributed by atoms with Crippen LogP contribution in [0.15, 0.2) is 64.0 Å². The second-order valence-electron chi connectivity index (χ2n) is 4.98. The highest BCUT2D eigenvalue weighted by Gasteiger charge is 2.07. The van der Waals surface area contributed by atoms with Crippen molar-refractivity contribution in [2.45, 2.75) is 17.9 Å². The minimum Gasteiger partial charge on any atom is -0.460 e. The Morgan fingerprint density at radius 2 is 1.75 bits per heavy atom. The third-order valence-electron chi connectivity index (χ3n) is 3.08. The third-order valence-corrected chi connectivity index (χ3v) is 4.63. The maximum Gasteiger partial charge on any atom is 0.325 e. The van der Waals surface area contributed by atoms with Gasteiger partial charge in [-0.15, -0.1) is 11.8 Å². The van der Waals surface area contributed by atoms with Crippen molar-refractivity contribution in [2.75, 3.05) is 12.3 Å². The molecule has 2 rings (SSSR count). The number of nitrogens with one attached hydrogen (secondary N) is 1. The minimum absolute atomic E-state index is 0.103. The molecule has 0 aliphatic heterocycles. The van der Waals surface area contributed by atoms with Crippen molar-refractivity contribution in [1.82, 2.24) is 5.32 Å². The van der Waals surface area contributed by atoms with Crippen molar-refractivity contribution >= 4 is 39.6 Å². The Labute approximate surface area is 154 Å². The summed E-state index contributed by atoms with van der Waals surface area (Å²) in [6, 6.07) is 17.3. The molecule has 0 aliphatic rings. The first kappa shape index (κ1) is 18.5. The third kappa shape index (κ3) is 7.19. The van der Waals surface area contributed by atoms with Crippen molar-refractivity contribution in [3.05, 3.63) is 64.6 Å². The van der Waals surface area contributed by atoms with Crippen molar-refractivity contribution < 1.29 is 14.3 Å². The fourth-order valence-corrected chi connectivity index (χ4v) is 2.96. The van der Waals surface area contributed by atoms with E-state index in [1.807, 2.05) is 54.6 Å². The molecule has 1 N–H and O–H groups in total. The van der Waals surface area contributed by atoms with E-state index in [0.29, 0.717) is 12.2 Å². The zero-order valence-corrected chi connectivity index (χ0v) is 15.4. The predicted octanol–water partition coefficient (Wildman–Crippen LogP) is 3.79. The maximum absolute atomic E-state index is 11.7. The van der Waals surface area contributed by atoms with E-state index in [1.165, 1.54) is 0 Å². The number of ether oxygens (including phenoxy) is 1. The minimum atomic E-state index is -0.437. The van der Waals surface area contributed by atoms with Crippen LogP contribution in [0.2, 0.25) is 0 Å². The molecule has 1 amide bonds. The molecule has 0 aromatic heterocycles. The SMILES string of the molecule is O=C(CCSc1ccc(Br)cc1)NCC(=O)OCc1ccccc1. The van der Waals surface area contributed by atoms with E-state index in [4.69, 9.17) is 4.74 Å². The fraction of sp³-hybridized carbons (Fsp3) is 0.222. The molecule has 0 fully saturated rings. The van der Waals surface area contributed by atoms with Gasteiger partial charge in [0.1, 0.15) is 13.2 Å². The van der Waals surface area contributed by atoms with Crippen LogP contribution in [0, 0.1) is 0 Å². The molecular weight excluding hydrogens is 390 g/mol. The molecule has 0 radical (unpaired) electrons. The molecule has 0 saturated heterocycles. The van der Waals surface area contributed by atoms with Gasteiger partial charge < -0.3 is 10.1 Å². The first-order chi connectivity index (χ1) is 11.6. The zero-order valence-electron chi connectivity index (χ0n) is 13.0. The Hall–Kier alpha value is -1.79. The summed E-state index contributed by atoms with van der Waals surface area (Å²) in [5, 5.41) is 2.58. The summed E-state index contributed by atoms with van der Waals surface area (Å²) in [6.07, 6.45) is 0.354. The van der Waals surface area contributed by atoms with Gasteiger partial charge in [0.25, 0.3) is 0 Å². The molecule has 0 bridgehead atoms. The smallest absolute Gasteiger partial charge is 0.325 e. The first-order valence-corrected chi connectivity index (χ1v) is 9.26. The van der Waals surface area contributed by atoms with Gasteiger partial charge >= 0.3 is 5.97 Å². The van der Waals surface area contributed by atoms with Crippen LogP contribution in [0.3, 0.4) is 0 Å². The van der Waals surface area contributed by atoms with E-state index in [9.17, 15) is 9.59 Å². The van der Waals surface area contributed by atoms with Crippen LogP contribution in [-0.4, -0.2) is 24.2 Å². The maximum atomic E-state index is 11.7. The van der Waals surface area contributed by atoms with E-state index in [-0.39, 0.29) is 19.1 Å². The van der Waals surface area contributed by atoms with E-state index >= 15 is 0 Å². The monoisotopic (exact) mass is 407 g/mol. The average molecular weight is 408 g/mol. The lowest BCUT2D eigenvalue weighted by molar-refractivity contribution is -0.145. The molecule has 4 nitrogen and oxygen atoms in total. The van der Waals surface area contributed by atoms with Crippen LogP contribution in [0.25, 0.3) is 0 Å². The second kappa shape index (κ2) is 10.2. The van der Waals surface area contributed by atoms with Crippen molar-refractivity contribution in [3.63, 3.8) is 0 Å². The van der Waals surface area contributed by atoms with E-state index in [0.717, 1.165) is 14.9 Å². The number of carbonyl (C=O) groups is 2. The summed E-state index contributed by atoms with van der Waals surface area (Å²) in [5.41, 5.74) is 0.920. The highest BCUT2D eigenvalue weighted by atomic mass is 79.9. The number of hydrogen-bond acceptors (Lipinski definition) is 4. The molecule has 0 saturated carbocycles.